The molecule has 4 rings (SSSR count). The molecule has 6 heteroatoms. The van der Waals surface area contributed by atoms with Crippen molar-refractivity contribution >= 4 is 5.91 Å². The van der Waals surface area contributed by atoms with Gasteiger partial charge in [0.05, 0.1) is 12.8 Å². The lowest BCUT2D eigenvalue weighted by atomic mass is 10.00. The maximum absolute atomic E-state index is 12.9. The molecule has 1 N–H and O–H groups in total. The first-order chi connectivity index (χ1) is 13.7. The normalized spacial score (nSPS) is 15.0. The predicted molar refractivity (Wildman–Crippen MR) is 107 cm³/mol. The van der Waals surface area contributed by atoms with Crippen molar-refractivity contribution < 1.29 is 14.4 Å². The van der Waals surface area contributed by atoms with Gasteiger partial charge in [0.2, 0.25) is 0 Å². The maximum Gasteiger partial charge on any atom is 0.253 e. The zero-order valence-corrected chi connectivity index (χ0v) is 15.6. The van der Waals surface area contributed by atoms with Crippen LogP contribution in [0.4, 0.5) is 0 Å². The lowest BCUT2D eigenvalue weighted by Crippen LogP contribution is -2.49. The van der Waals surface area contributed by atoms with Crippen molar-refractivity contribution in [3.63, 3.8) is 0 Å². The molecule has 144 valence electrons. The summed E-state index contributed by atoms with van der Waals surface area (Å²) in [4.78, 5) is 17.0. The third-order valence-corrected chi connectivity index (χ3v) is 5.10. The molecule has 1 fully saturated rings. The van der Waals surface area contributed by atoms with E-state index in [1.165, 1.54) is 0 Å². The van der Waals surface area contributed by atoms with Crippen LogP contribution in [-0.4, -0.2) is 65.3 Å². The van der Waals surface area contributed by atoms with Crippen molar-refractivity contribution in [2.24, 2.45) is 0 Å². The van der Waals surface area contributed by atoms with E-state index in [1.54, 1.807) is 6.20 Å². The highest BCUT2D eigenvalue weighted by molar-refractivity contribution is 5.95. The van der Waals surface area contributed by atoms with Crippen molar-refractivity contribution in [3.05, 3.63) is 66.4 Å². The van der Waals surface area contributed by atoms with E-state index in [4.69, 9.17) is 9.63 Å². The fraction of sp³-hybridized carbons (Fsp3) is 0.273. The first kappa shape index (κ1) is 18.4. The van der Waals surface area contributed by atoms with Crippen molar-refractivity contribution in [2.75, 3.05) is 39.3 Å². The molecule has 1 aromatic heterocycles. The second kappa shape index (κ2) is 8.37. The second-order valence-electron chi connectivity index (χ2n) is 6.90. The highest BCUT2D eigenvalue weighted by Crippen LogP contribution is 2.27. The van der Waals surface area contributed by atoms with Gasteiger partial charge in [0.15, 0.2) is 5.76 Å². The van der Waals surface area contributed by atoms with E-state index >= 15 is 0 Å². The van der Waals surface area contributed by atoms with Gasteiger partial charge in [-0.25, -0.2) is 0 Å². The van der Waals surface area contributed by atoms with Crippen LogP contribution in [-0.2, 0) is 0 Å². The molecule has 0 aliphatic carbocycles. The smallest absolute Gasteiger partial charge is 0.253 e. The third kappa shape index (κ3) is 3.98. The summed E-state index contributed by atoms with van der Waals surface area (Å²) in [6, 6.07) is 17.6. The molecule has 0 radical (unpaired) electrons. The number of piperazine rings is 1. The molecule has 0 saturated carbocycles. The van der Waals surface area contributed by atoms with Gasteiger partial charge < -0.3 is 14.5 Å². The number of aliphatic hydroxyl groups excluding tert-OH is 1. The maximum atomic E-state index is 12.9. The van der Waals surface area contributed by atoms with E-state index in [-0.39, 0.29) is 12.5 Å². The molecular formula is C22H23N3O3. The van der Waals surface area contributed by atoms with Crippen LogP contribution >= 0.6 is 0 Å². The molecule has 0 bridgehead atoms. The topological polar surface area (TPSA) is 69.8 Å². The van der Waals surface area contributed by atoms with Crippen LogP contribution in [0.5, 0.6) is 0 Å². The summed E-state index contributed by atoms with van der Waals surface area (Å²) < 4.78 is 5.25. The minimum Gasteiger partial charge on any atom is -0.395 e. The van der Waals surface area contributed by atoms with E-state index in [0.717, 1.165) is 35.5 Å². The molecule has 0 unspecified atom stereocenters. The first-order valence-corrected chi connectivity index (χ1v) is 9.48. The average Bonchev–Trinajstić information content (AvgIpc) is 3.29. The van der Waals surface area contributed by atoms with Crippen molar-refractivity contribution in [1.82, 2.24) is 15.0 Å². The number of carbonyl (C=O) groups excluding carboxylic acids is 1. The quantitative estimate of drug-likeness (QED) is 0.740. The zero-order chi connectivity index (χ0) is 19.3. The number of rotatable bonds is 5. The number of aromatic nitrogens is 1. The van der Waals surface area contributed by atoms with Crippen LogP contribution in [0, 0.1) is 0 Å². The van der Waals surface area contributed by atoms with Crippen LogP contribution in [0.15, 0.2) is 65.3 Å². The van der Waals surface area contributed by atoms with E-state index in [9.17, 15) is 4.79 Å². The molecule has 0 atom stereocenters. The predicted octanol–water partition coefficient (Wildman–Crippen LogP) is 2.76. The highest BCUT2D eigenvalue weighted by Gasteiger charge is 2.22. The first-order valence-electron chi connectivity index (χ1n) is 9.48. The Hall–Kier alpha value is -2.96. The van der Waals surface area contributed by atoms with Gasteiger partial charge in [0.1, 0.15) is 0 Å². The molecule has 28 heavy (non-hydrogen) atoms. The molecule has 6 nitrogen and oxygen atoms in total. The summed E-state index contributed by atoms with van der Waals surface area (Å²) in [7, 11) is 0. The second-order valence-corrected chi connectivity index (χ2v) is 6.90. The Morgan fingerprint density at radius 2 is 1.68 bits per heavy atom. The Morgan fingerprint density at radius 1 is 0.964 bits per heavy atom. The Morgan fingerprint density at radius 3 is 2.39 bits per heavy atom. The van der Waals surface area contributed by atoms with E-state index in [0.29, 0.717) is 25.2 Å². The minimum absolute atomic E-state index is 0.0527. The molecule has 1 aliphatic rings. The van der Waals surface area contributed by atoms with E-state index < -0.39 is 0 Å². The standard InChI is InChI=1S/C22H23N3O3/c26-14-13-24-9-11-25(12-10-24)22(27)20-6-2-4-18(16-20)17-3-1-5-19(15-17)21-7-8-23-28-21/h1-8,15-16,26H,9-14H2. The number of hydrogen-bond donors (Lipinski definition) is 1. The average molecular weight is 377 g/mol. The molecular weight excluding hydrogens is 354 g/mol. The minimum atomic E-state index is 0.0527. The number of carbonyl (C=O) groups is 1. The third-order valence-electron chi connectivity index (χ3n) is 5.10. The van der Waals surface area contributed by atoms with Crippen molar-refractivity contribution in [1.29, 1.82) is 0 Å². The lowest BCUT2D eigenvalue weighted by Gasteiger charge is -2.34. The number of benzene rings is 2. The van der Waals surface area contributed by atoms with Gasteiger partial charge in [0, 0.05) is 49.9 Å². The Bertz CT molecular complexity index is 932. The monoisotopic (exact) mass is 377 g/mol. The van der Waals surface area contributed by atoms with Crippen LogP contribution in [0.1, 0.15) is 10.4 Å². The van der Waals surface area contributed by atoms with Crippen LogP contribution in [0.25, 0.3) is 22.5 Å². The Labute approximate surface area is 164 Å². The van der Waals surface area contributed by atoms with Gasteiger partial charge in [-0.1, -0.05) is 35.5 Å². The van der Waals surface area contributed by atoms with Crippen LogP contribution in [0.3, 0.4) is 0 Å². The Kier molecular flexibility index (Phi) is 5.50. The molecule has 0 spiro atoms. The van der Waals surface area contributed by atoms with Crippen LogP contribution < -0.4 is 0 Å². The van der Waals surface area contributed by atoms with E-state index in [1.807, 2.05) is 59.5 Å². The lowest BCUT2D eigenvalue weighted by molar-refractivity contribution is 0.0615. The van der Waals surface area contributed by atoms with Gasteiger partial charge in [-0.3, -0.25) is 9.69 Å². The summed E-state index contributed by atoms with van der Waals surface area (Å²) in [5, 5.41) is 12.8. The summed E-state index contributed by atoms with van der Waals surface area (Å²) in [5.41, 5.74) is 3.66. The summed E-state index contributed by atoms with van der Waals surface area (Å²) in [5.74, 6) is 0.770. The Balaban J connectivity index is 1.52. The summed E-state index contributed by atoms with van der Waals surface area (Å²) >= 11 is 0. The number of aliphatic hydroxyl groups is 1. The molecule has 2 heterocycles. The van der Waals surface area contributed by atoms with Crippen LogP contribution in [0.2, 0.25) is 0 Å². The van der Waals surface area contributed by atoms with Gasteiger partial charge in [0.25, 0.3) is 5.91 Å². The molecule has 1 saturated heterocycles. The fourth-order valence-corrected chi connectivity index (χ4v) is 3.55. The molecule has 1 aliphatic heterocycles. The van der Waals surface area contributed by atoms with Crippen molar-refractivity contribution in [2.45, 2.75) is 0 Å². The van der Waals surface area contributed by atoms with Gasteiger partial charge in [-0.15, -0.1) is 0 Å². The van der Waals surface area contributed by atoms with Gasteiger partial charge in [-0.2, -0.15) is 0 Å². The zero-order valence-electron chi connectivity index (χ0n) is 15.6. The number of nitrogens with zero attached hydrogens (tertiary/aromatic N) is 3. The number of hydrogen-bond acceptors (Lipinski definition) is 5. The summed E-state index contributed by atoms with van der Waals surface area (Å²) in [6.07, 6.45) is 1.63. The highest BCUT2D eigenvalue weighted by atomic mass is 16.5. The van der Waals surface area contributed by atoms with E-state index in [2.05, 4.69) is 10.1 Å². The SMILES string of the molecule is O=C(c1cccc(-c2cccc(-c3ccno3)c2)c1)N1CCN(CCO)CC1. The number of β-amino-alcohol motifs (C(OH)–C–C–N with tert-alkyl or cyclic N) is 1. The largest absolute Gasteiger partial charge is 0.395 e. The van der Waals surface area contributed by atoms with Crippen molar-refractivity contribution in [3.8, 4) is 22.5 Å². The summed E-state index contributed by atoms with van der Waals surface area (Å²) in [6.45, 7) is 3.78. The molecule has 1 amide bonds. The van der Waals surface area contributed by atoms with Gasteiger partial charge >= 0.3 is 0 Å². The van der Waals surface area contributed by atoms with Gasteiger partial charge in [-0.05, 0) is 29.3 Å². The molecule has 2 aromatic carbocycles. The number of amides is 1. The molecule has 3 aromatic rings. The fourth-order valence-electron chi connectivity index (χ4n) is 3.55.